The maximum Gasteiger partial charge on any atom is 0.233 e. The van der Waals surface area contributed by atoms with Gasteiger partial charge in [0, 0.05) is 24.7 Å². The Bertz CT molecular complexity index is 619. The van der Waals surface area contributed by atoms with Gasteiger partial charge in [-0.1, -0.05) is 11.6 Å². The third-order valence-corrected chi connectivity index (χ3v) is 3.41. The molecule has 0 fully saturated rings. The maximum absolute atomic E-state index is 6.19. The van der Waals surface area contributed by atoms with E-state index in [1.165, 1.54) is 0 Å². The van der Waals surface area contributed by atoms with Crippen LogP contribution >= 0.6 is 34.2 Å². The molecule has 0 atom stereocenters. The number of halogens is 2. The van der Waals surface area contributed by atoms with Gasteiger partial charge in [0.25, 0.3) is 0 Å². The summed E-state index contributed by atoms with van der Waals surface area (Å²) in [5, 5.41) is 6.63. The van der Waals surface area contributed by atoms with Crippen molar-refractivity contribution in [1.82, 2.24) is 15.0 Å². The summed E-state index contributed by atoms with van der Waals surface area (Å²) in [4.78, 5) is 14.6. The van der Waals surface area contributed by atoms with Crippen LogP contribution in [0.15, 0.2) is 18.2 Å². The summed E-state index contributed by atoms with van der Waals surface area (Å²) in [6.07, 6.45) is 0. The van der Waals surface area contributed by atoms with Gasteiger partial charge in [-0.3, -0.25) is 0 Å². The summed E-state index contributed by atoms with van der Waals surface area (Å²) in [5.41, 5.74) is 0.755. The van der Waals surface area contributed by atoms with Crippen LogP contribution in [0.2, 0.25) is 5.02 Å². The molecule has 1 heterocycles. The van der Waals surface area contributed by atoms with Crippen molar-refractivity contribution in [2.45, 2.75) is 0 Å². The first-order valence-electron chi connectivity index (χ1n) is 5.83. The molecule has 0 aliphatic carbocycles. The Kier molecular flexibility index (Phi) is 4.81. The molecule has 0 spiro atoms. The van der Waals surface area contributed by atoms with E-state index >= 15 is 0 Å². The fraction of sp³-hybridized carbons (Fsp3) is 0.250. The van der Waals surface area contributed by atoms with E-state index in [9.17, 15) is 0 Å². The first-order valence-corrected chi connectivity index (χ1v) is 7.28. The zero-order valence-electron chi connectivity index (χ0n) is 11.3. The van der Waals surface area contributed by atoms with E-state index in [4.69, 9.17) is 11.6 Å². The lowest BCUT2D eigenvalue weighted by molar-refractivity contribution is 0.963. The van der Waals surface area contributed by atoms with Crippen LogP contribution in [0.4, 0.5) is 23.5 Å². The number of nitrogens with one attached hydrogen (secondary N) is 2. The third-order valence-electron chi connectivity index (χ3n) is 2.42. The highest BCUT2D eigenvalue weighted by Gasteiger charge is 2.09. The van der Waals surface area contributed by atoms with Crippen LogP contribution in [-0.4, -0.2) is 36.1 Å². The summed E-state index contributed by atoms with van der Waals surface area (Å²) in [6.45, 7) is 0. The van der Waals surface area contributed by atoms with Gasteiger partial charge < -0.3 is 15.5 Å². The molecule has 2 aromatic rings. The van der Waals surface area contributed by atoms with E-state index in [1.807, 2.05) is 37.2 Å². The van der Waals surface area contributed by atoms with Crippen molar-refractivity contribution >= 4 is 57.7 Å². The number of hydrogen-bond donors (Lipinski definition) is 2. The molecule has 1 aromatic heterocycles. The van der Waals surface area contributed by atoms with Crippen molar-refractivity contribution in [3.05, 3.63) is 26.8 Å². The predicted octanol–water partition coefficient (Wildman–Crippen LogP) is 2.98. The minimum Gasteiger partial charge on any atom is -0.357 e. The van der Waals surface area contributed by atoms with Gasteiger partial charge in [0.1, 0.15) is 0 Å². The van der Waals surface area contributed by atoms with Crippen LogP contribution in [0.5, 0.6) is 0 Å². The Balaban J connectivity index is 2.34. The molecule has 2 rings (SSSR count). The van der Waals surface area contributed by atoms with Gasteiger partial charge >= 0.3 is 0 Å². The number of rotatable bonds is 4. The molecule has 2 N–H and O–H groups in total. The van der Waals surface area contributed by atoms with E-state index in [2.05, 4.69) is 48.2 Å². The van der Waals surface area contributed by atoms with Crippen molar-refractivity contribution < 1.29 is 0 Å². The molecule has 8 heteroatoms. The smallest absolute Gasteiger partial charge is 0.233 e. The van der Waals surface area contributed by atoms with Crippen LogP contribution in [0.25, 0.3) is 0 Å². The zero-order valence-corrected chi connectivity index (χ0v) is 14.2. The average molecular weight is 405 g/mol. The lowest BCUT2D eigenvalue weighted by Gasteiger charge is -2.13. The SMILES string of the molecule is CNc1nc(Nc2ccc(I)cc2Cl)nc(N(C)C)n1. The normalized spacial score (nSPS) is 10.2. The van der Waals surface area contributed by atoms with E-state index in [0.717, 1.165) is 9.26 Å². The third kappa shape index (κ3) is 3.60. The molecule has 0 amide bonds. The second-order valence-corrected chi connectivity index (χ2v) is 5.83. The summed E-state index contributed by atoms with van der Waals surface area (Å²) in [7, 11) is 5.50. The fourth-order valence-corrected chi connectivity index (χ4v) is 2.35. The highest BCUT2D eigenvalue weighted by atomic mass is 127. The average Bonchev–Trinajstić information content (AvgIpc) is 2.41. The Morgan fingerprint density at radius 2 is 1.85 bits per heavy atom. The molecule has 106 valence electrons. The molecule has 20 heavy (non-hydrogen) atoms. The minimum absolute atomic E-state index is 0.441. The van der Waals surface area contributed by atoms with Crippen molar-refractivity contribution in [2.75, 3.05) is 36.7 Å². The van der Waals surface area contributed by atoms with Gasteiger partial charge in [-0.15, -0.1) is 0 Å². The molecule has 0 saturated heterocycles. The number of hydrogen-bond acceptors (Lipinski definition) is 6. The standard InChI is InChI=1S/C12H14ClIN6/c1-15-10-17-11(19-12(18-10)20(2)3)16-9-5-4-7(14)6-8(9)13/h4-6H,1-3H3,(H2,15,16,17,18,19). The molecule has 0 bridgehead atoms. The second-order valence-electron chi connectivity index (χ2n) is 4.18. The Hall–Kier alpha value is -1.35. The number of benzene rings is 1. The number of aromatic nitrogens is 3. The zero-order chi connectivity index (χ0) is 14.7. The molecule has 6 nitrogen and oxygen atoms in total. The predicted molar refractivity (Wildman–Crippen MR) is 91.2 cm³/mol. The van der Waals surface area contributed by atoms with E-state index in [1.54, 1.807) is 7.05 Å². The van der Waals surface area contributed by atoms with E-state index < -0.39 is 0 Å². The fourth-order valence-electron chi connectivity index (χ4n) is 1.44. The molecule has 0 aliphatic rings. The molecular weight excluding hydrogens is 391 g/mol. The van der Waals surface area contributed by atoms with Crippen molar-refractivity contribution in [1.29, 1.82) is 0 Å². The van der Waals surface area contributed by atoms with E-state index in [0.29, 0.717) is 22.9 Å². The van der Waals surface area contributed by atoms with E-state index in [-0.39, 0.29) is 0 Å². The lowest BCUT2D eigenvalue weighted by atomic mass is 10.3. The molecule has 0 unspecified atom stereocenters. The monoisotopic (exact) mass is 404 g/mol. The number of anilines is 4. The van der Waals surface area contributed by atoms with Gasteiger partial charge in [-0.25, -0.2) is 0 Å². The minimum atomic E-state index is 0.441. The van der Waals surface area contributed by atoms with Gasteiger partial charge in [0.2, 0.25) is 17.8 Å². The number of nitrogens with zero attached hydrogens (tertiary/aromatic N) is 4. The first-order chi connectivity index (χ1) is 9.49. The molecule has 0 aliphatic heterocycles. The molecule has 0 saturated carbocycles. The van der Waals surface area contributed by atoms with Gasteiger partial charge in [0.05, 0.1) is 10.7 Å². The van der Waals surface area contributed by atoms with Crippen LogP contribution in [0.3, 0.4) is 0 Å². The molecular formula is C12H14ClIN6. The topological polar surface area (TPSA) is 66.0 Å². The summed E-state index contributed by atoms with van der Waals surface area (Å²) in [6, 6.07) is 5.72. The van der Waals surface area contributed by atoms with Crippen LogP contribution in [0.1, 0.15) is 0 Å². The Morgan fingerprint density at radius 1 is 1.15 bits per heavy atom. The van der Waals surface area contributed by atoms with Gasteiger partial charge in [-0.2, -0.15) is 15.0 Å². The largest absolute Gasteiger partial charge is 0.357 e. The summed E-state index contributed by atoms with van der Waals surface area (Å²) in [5.74, 6) is 1.50. The van der Waals surface area contributed by atoms with Crippen LogP contribution < -0.4 is 15.5 Å². The van der Waals surface area contributed by atoms with Crippen molar-refractivity contribution in [3.63, 3.8) is 0 Å². The van der Waals surface area contributed by atoms with Crippen molar-refractivity contribution in [2.24, 2.45) is 0 Å². The Labute approximate surface area is 136 Å². The van der Waals surface area contributed by atoms with Crippen molar-refractivity contribution in [3.8, 4) is 0 Å². The molecule has 1 aromatic carbocycles. The summed E-state index contributed by atoms with van der Waals surface area (Å²) < 4.78 is 1.07. The van der Waals surface area contributed by atoms with Gasteiger partial charge in [-0.05, 0) is 40.8 Å². The quantitative estimate of drug-likeness (QED) is 0.764. The first kappa shape index (κ1) is 15.0. The highest BCUT2D eigenvalue weighted by molar-refractivity contribution is 14.1. The summed E-state index contributed by atoms with van der Waals surface area (Å²) >= 11 is 8.40. The maximum atomic E-state index is 6.19. The van der Waals surface area contributed by atoms with Crippen LogP contribution in [0, 0.1) is 3.57 Å². The second kappa shape index (κ2) is 6.40. The van der Waals surface area contributed by atoms with Gasteiger partial charge in [0.15, 0.2) is 0 Å². The lowest BCUT2D eigenvalue weighted by Crippen LogP contribution is -2.15. The highest BCUT2D eigenvalue weighted by Crippen LogP contribution is 2.26. The molecule has 0 radical (unpaired) electrons. The Morgan fingerprint density at radius 3 is 2.45 bits per heavy atom. The van der Waals surface area contributed by atoms with Crippen LogP contribution in [-0.2, 0) is 0 Å².